The van der Waals surface area contributed by atoms with Gasteiger partial charge in [-0.2, -0.15) is 0 Å². The van der Waals surface area contributed by atoms with Crippen LogP contribution in [0.1, 0.15) is 15.9 Å². The summed E-state index contributed by atoms with van der Waals surface area (Å²) in [5.74, 6) is 2.36. The van der Waals surface area contributed by atoms with E-state index in [9.17, 15) is 4.79 Å². The van der Waals surface area contributed by atoms with Gasteiger partial charge in [0, 0.05) is 38.4 Å². The number of nitrogens with zero attached hydrogens (tertiary/aromatic N) is 4. The maximum atomic E-state index is 13.4. The molecular weight excluding hydrogens is 448 g/mol. The zero-order chi connectivity index (χ0) is 24.8. The second-order valence-electron chi connectivity index (χ2n) is 8.09. The highest BCUT2D eigenvalue weighted by molar-refractivity contribution is 5.99. The van der Waals surface area contributed by atoms with E-state index in [2.05, 4.69) is 4.98 Å². The third-order valence-corrected chi connectivity index (χ3v) is 5.84. The van der Waals surface area contributed by atoms with Gasteiger partial charge in [-0.15, -0.1) is 0 Å². The number of morpholine rings is 1. The largest absolute Gasteiger partial charge is 0.493 e. The first kappa shape index (κ1) is 24.3. The van der Waals surface area contributed by atoms with Crippen molar-refractivity contribution in [3.8, 4) is 28.6 Å². The van der Waals surface area contributed by atoms with Gasteiger partial charge >= 0.3 is 0 Å². The highest BCUT2D eigenvalue weighted by Crippen LogP contribution is 2.40. The minimum absolute atomic E-state index is 0.111. The quantitative estimate of drug-likeness (QED) is 0.488. The van der Waals surface area contributed by atoms with Crippen molar-refractivity contribution in [3.05, 3.63) is 59.8 Å². The molecule has 184 valence electrons. The first-order valence-electron chi connectivity index (χ1n) is 11.3. The van der Waals surface area contributed by atoms with E-state index < -0.39 is 0 Å². The van der Waals surface area contributed by atoms with Gasteiger partial charge in [0.05, 0.1) is 34.5 Å². The SMILES string of the molecule is COc1cc(-c2ncc(C(=O)N3CCOCC3)c(N(C)Cc3ccccc3)n2)cc(OC)c1OC. The van der Waals surface area contributed by atoms with Crippen molar-refractivity contribution in [2.24, 2.45) is 0 Å². The van der Waals surface area contributed by atoms with E-state index in [0.717, 1.165) is 5.56 Å². The van der Waals surface area contributed by atoms with Crippen LogP contribution < -0.4 is 19.1 Å². The maximum Gasteiger partial charge on any atom is 0.259 e. The molecule has 1 aliphatic heterocycles. The summed E-state index contributed by atoms with van der Waals surface area (Å²) in [6.07, 6.45) is 1.60. The third-order valence-electron chi connectivity index (χ3n) is 5.84. The number of anilines is 1. The Labute approximate surface area is 205 Å². The number of amides is 1. The fraction of sp³-hybridized carbons (Fsp3) is 0.346. The molecule has 2 aromatic carbocycles. The van der Waals surface area contributed by atoms with Crippen molar-refractivity contribution in [1.29, 1.82) is 0 Å². The second kappa shape index (κ2) is 11.1. The van der Waals surface area contributed by atoms with Crippen molar-refractivity contribution in [2.45, 2.75) is 6.54 Å². The standard InChI is InChI=1S/C26H30N4O5/c1-29(17-18-8-6-5-7-9-18)25-20(26(31)30-10-12-35-13-11-30)16-27-24(28-25)19-14-21(32-2)23(34-4)22(15-19)33-3/h5-9,14-16H,10-13,17H2,1-4H3. The Morgan fingerprint density at radius 2 is 1.69 bits per heavy atom. The first-order chi connectivity index (χ1) is 17.0. The Bertz CT molecular complexity index is 1140. The number of benzene rings is 2. The average molecular weight is 479 g/mol. The van der Waals surface area contributed by atoms with Crippen molar-refractivity contribution in [3.63, 3.8) is 0 Å². The van der Waals surface area contributed by atoms with Gasteiger partial charge in [0.15, 0.2) is 17.3 Å². The lowest BCUT2D eigenvalue weighted by atomic mass is 10.1. The molecule has 1 amide bonds. The summed E-state index contributed by atoms with van der Waals surface area (Å²) in [7, 11) is 6.60. The number of carbonyl (C=O) groups is 1. The minimum Gasteiger partial charge on any atom is -0.493 e. The predicted octanol–water partition coefficient (Wildman–Crippen LogP) is 3.28. The summed E-state index contributed by atoms with van der Waals surface area (Å²) in [6.45, 7) is 2.69. The van der Waals surface area contributed by atoms with E-state index >= 15 is 0 Å². The molecule has 0 saturated carbocycles. The van der Waals surface area contributed by atoms with E-state index in [1.165, 1.54) is 0 Å². The fourth-order valence-corrected chi connectivity index (χ4v) is 4.03. The van der Waals surface area contributed by atoms with E-state index in [1.54, 1.807) is 44.6 Å². The molecular formula is C26H30N4O5. The van der Waals surface area contributed by atoms with Crippen molar-refractivity contribution in [1.82, 2.24) is 14.9 Å². The van der Waals surface area contributed by atoms with Crippen LogP contribution in [0.15, 0.2) is 48.7 Å². The molecule has 35 heavy (non-hydrogen) atoms. The Hall–Kier alpha value is -3.85. The molecule has 0 unspecified atom stereocenters. The molecule has 9 nitrogen and oxygen atoms in total. The van der Waals surface area contributed by atoms with E-state index in [-0.39, 0.29) is 5.91 Å². The van der Waals surface area contributed by atoms with Gasteiger partial charge in [0.2, 0.25) is 5.75 Å². The number of methoxy groups -OCH3 is 3. The Morgan fingerprint density at radius 1 is 1.03 bits per heavy atom. The molecule has 0 radical (unpaired) electrons. The Balaban J connectivity index is 1.77. The minimum atomic E-state index is -0.111. The summed E-state index contributed by atoms with van der Waals surface area (Å²) < 4.78 is 21.8. The normalized spacial score (nSPS) is 13.3. The molecule has 4 rings (SSSR count). The molecule has 2 heterocycles. The van der Waals surface area contributed by atoms with Crippen LogP contribution in [0, 0.1) is 0 Å². The molecule has 3 aromatic rings. The van der Waals surface area contributed by atoms with Gasteiger partial charge in [-0.05, 0) is 17.7 Å². The molecule has 0 bridgehead atoms. The molecule has 0 aliphatic carbocycles. The van der Waals surface area contributed by atoms with E-state index in [1.807, 2.05) is 42.3 Å². The number of carbonyl (C=O) groups excluding carboxylic acids is 1. The van der Waals surface area contributed by atoms with Crippen molar-refractivity contribution >= 4 is 11.7 Å². The molecule has 0 N–H and O–H groups in total. The van der Waals surface area contributed by atoms with Crippen molar-refractivity contribution in [2.75, 3.05) is 59.6 Å². The van der Waals surface area contributed by atoms with Gasteiger partial charge < -0.3 is 28.7 Å². The molecule has 1 fully saturated rings. The number of rotatable bonds is 8. The molecule has 9 heteroatoms. The fourth-order valence-electron chi connectivity index (χ4n) is 4.03. The van der Waals surface area contributed by atoms with Gasteiger partial charge in [0.25, 0.3) is 5.91 Å². The maximum absolute atomic E-state index is 13.4. The van der Waals surface area contributed by atoms with E-state index in [0.29, 0.717) is 72.9 Å². The number of ether oxygens (including phenoxy) is 4. The highest BCUT2D eigenvalue weighted by Gasteiger charge is 2.25. The molecule has 1 saturated heterocycles. The number of hydrogen-bond donors (Lipinski definition) is 0. The molecule has 1 aliphatic rings. The number of hydrogen-bond acceptors (Lipinski definition) is 8. The lowest BCUT2D eigenvalue weighted by Crippen LogP contribution is -2.41. The zero-order valence-electron chi connectivity index (χ0n) is 20.5. The van der Waals surface area contributed by atoms with Crippen LogP contribution in [0.4, 0.5) is 5.82 Å². The third kappa shape index (κ3) is 5.30. The van der Waals surface area contributed by atoms with Crippen LogP contribution in [-0.2, 0) is 11.3 Å². The average Bonchev–Trinajstić information content (AvgIpc) is 2.92. The zero-order valence-corrected chi connectivity index (χ0v) is 20.5. The summed E-state index contributed by atoms with van der Waals surface area (Å²) in [6, 6.07) is 13.6. The summed E-state index contributed by atoms with van der Waals surface area (Å²) >= 11 is 0. The molecule has 0 spiro atoms. The second-order valence-corrected chi connectivity index (χ2v) is 8.09. The van der Waals surface area contributed by atoms with Gasteiger partial charge in [0.1, 0.15) is 11.4 Å². The summed E-state index contributed by atoms with van der Waals surface area (Å²) in [5, 5.41) is 0. The lowest BCUT2D eigenvalue weighted by molar-refractivity contribution is 0.0303. The lowest BCUT2D eigenvalue weighted by Gasteiger charge is -2.29. The predicted molar refractivity (Wildman–Crippen MR) is 132 cm³/mol. The van der Waals surface area contributed by atoms with Crippen LogP contribution >= 0.6 is 0 Å². The topological polar surface area (TPSA) is 86.2 Å². The molecule has 0 atom stereocenters. The Morgan fingerprint density at radius 3 is 2.29 bits per heavy atom. The monoisotopic (exact) mass is 478 g/mol. The summed E-state index contributed by atoms with van der Waals surface area (Å²) in [5.41, 5.74) is 2.23. The number of aromatic nitrogens is 2. The highest BCUT2D eigenvalue weighted by atomic mass is 16.5. The van der Waals surface area contributed by atoms with E-state index in [4.69, 9.17) is 23.9 Å². The van der Waals surface area contributed by atoms with Crippen LogP contribution in [-0.4, -0.2) is 75.5 Å². The Kier molecular flexibility index (Phi) is 7.67. The smallest absolute Gasteiger partial charge is 0.259 e. The van der Waals surface area contributed by atoms with Crippen LogP contribution in [0.2, 0.25) is 0 Å². The van der Waals surface area contributed by atoms with Gasteiger partial charge in [-0.25, -0.2) is 9.97 Å². The van der Waals surface area contributed by atoms with Crippen LogP contribution in [0.25, 0.3) is 11.4 Å². The summed E-state index contributed by atoms with van der Waals surface area (Å²) in [4.78, 5) is 26.6. The molecule has 1 aromatic heterocycles. The van der Waals surface area contributed by atoms with Crippen molar-refractivity contribution < 1.29 is 23.7 Å². The van der Waals surface area contributed by atoms with Crippen LogP contribution in [0.5, 0.6) is 17.2 Å². The van der Waals surface area contributed by atoms with Gasteiger partial charge in [-0.1, -0.05) is 30.3 Å². The first-order valence-corrected chi connectivity index (χ1v) is 11.3. The van der Waals surface area contributed by atoms with Gasteiger partial charge in [-0.3, -0.25) is 4.79 Å². The van der Waals surface area contributed by atoms with Crippen LogP contribution in [0.3, 0.4) is 0 Å².